The van der Waals surface area contributed by atoms with Crippen LogP contribution in [0.5, 0.6) is 0 Å². The van der Waals surface area contributed by atoms with Gasteiger partial charge >= 0.3 is 0 Å². The number of rotatable bonds is 3. The zero-order valence-electron chi connectivity index (χ0n) is 12.1. The summed E-state index contributed by atoms with van der Waals surface area (Å²) in [7, 11) is 2.13. The summed E-state index contributed by atoms with van der Waals surface area (Å²) in [6, 6.07) is 4.97. The lowest BCUT2D eigenvalue weighted by Gasteiger charge is -2.09. The van der Waals surface area contributed by atoms with Gasteiger partial charge in [0.15, 0.2) is 0 Å². The molecule has 0 radical (unpaired) electrons. The summed E-state index contributed by atoms with van der Waals surface area (Å²) in [6.45, 7) is 7.61. The number of hydrogen-bond donors (Lipinski definition) is 1. The Morgan fingerprint density at radius 3 is 2.58 bits per heavy atom. The zero-order chi connectivity index (χ0) is 13.6. The summed E-state index contributed by atoms with van der Waals surface area (Å²) in [5, 5.41) is 1.39. The summed E-state index contributed by atoms with van der Waals surface area (Å²) in [4.78, 5) is 2.48. The number of aromatic nitrogens is 1. The Morgan fingerprint density at radius 1 is 1.26 bits per heavy atom. The van der Waals surface area contributed by atoms with Gasteiger partial charge in [-0.2, -0.15) is 0 Å². The third kappa shape index (κ3) is 2.17. The second kappa shape index (κ2) is 4.66. The molecule has 0 spiro atoms. The minimum atomic E-state index is 0.214. The second-order valence-electron chi connectivity index (χ2n) is 5.89. The van der Waals surface area contributed by atoms with Crippen molar-refractivity contribution in [1.29, 1.82) is 0 Å². The molecule has 2 heterocycles. The van der Waals surface area contributed by atoms with Gasteiger partial charge in [0.2, 0.25) is 0 Å². The Hall–Kier alpha value is -1.32. The zero-order valence-corrected chi connectivity index (χ0v) is 12.1. The largest absolute Gasteiger partial charge is 0.350 e. The highest BCUT2D eigenvalue weighted by Crippen LogP contribution is 2.30. The van der Waals surface area contributed by atoms with Crippen molar-refractivity contribution < 1.29 is 0 Å². The molecule has 2 N–H and O–H groups in total. The topological polar surface area (TPSA) is 34.2 Å². The molecule has 0 saturated heterocycles. The molecule has 3 nitrogen and oxygen atoms in total. The quantitative estimate of drug-likeness (QED) is 0.916. The van der Waals surface area contributed by atoms with Crippen molar-refractivity contribution in [2.75, 3.05) is 6.54 Å². The van der Waals surface area contributed by atoms with Crippen LogP contribution in [0, 0.1) is 0 Å². The van der Waals surface area contributed by atoms with Crippen LogP contribution in [0.25, 0.3) is 10.9 Å². The van der Waals surface area contributed by atoms with E-state index in [4.69, 9.17) is 5.73 Å². The minimum absolute atomic E-state index is 0.214. The first-order chi connectivity index (χ1) is 9.08. The smallest absolute Gasteiger partial charge is 0.0484 e. The molecule has 0 fully saturated rings. The maximum Gasteiger partial charge on any atom is 0.0484 e. The Labute approximate surface area is 115 Å². The van der Waals surface area contributed by atoms with Gasteiger partial charge in [-0.25, -0.2) is 0 Å². The lowest BCUT2D eigenvalue weighted by atomic mass is 10.0. The summed E-state index contributed by atoms with van der Waals surface area (Å²) < 4.78 is 2.24. The number of hydrogen-bond acceptors (Lipinski definition) is 2. The molecule has 1 unspecified atom stereocenters. The molecule has 1 aliphatic rings. The van der Waals surface area contributed by atoms with Crippen molar-refractivity contribution in [2.45, 2.75) is 39.4 Å². The van der Waals surface area contributed by atoms with Gasteiger partial charge in [-0.3, -0.25) is 4.90 Å². The van der Waals surface area contributed by atoms with Crippen molar-refractivity contribution >= 4 is 10.9 Å². The number of benzene rings is 1. The monoisotopic (exact) mass is 257 g/mol. The summed E-state index contributed by atoms with van der Waals surface area (Å²) in [6.07, 6.45) is 3.19. The van der Waals surface area contributed by atoms with E-state index < -0.39 is 0 Å². The van der Waals surface area contributed by atoms with E-state index in [0.29, 0.717) is 0 Å². The van der Waals surface area contributed by atoms with Crippen LogP contribution in [0.3, 0.4) is 0 Å². The predicted molar refractivity (Wildman–Crippen MR) is 80.1 cm³/mol. The van der Waals surface area contributed by atoms with Crippen LogP contribution in [-0.2, 0) is 26.6 Å². The molecule has 3 heteroatoms. The normalized spacial score (nSPS) is 17.1. The molecule has 0 saturated carbocycles. The van der Waals surface area contributed by atoms with E-state index in [1.54, 1.807) is 0 Å². The van der Waals surface area contributed by atoms with E-state index in [-0.39, 0.29) is 6.04 Å². The van der Waals surface area contributed by atoms with Gasteiger partial charge in [0.1, 0.15) is 0 Å². The lowest BCUT2D eigenvalue weighted by Crippen LogP contribution is -2.17. The maximum absolute atomic E-state index is 5.96. The molecule has 0 amide bonds. The van der Waals surface area contributed by atoms with Crippen molar-refractivity contribution in [3.8, 4) is 0 Å². The number of nitrogens with two attached hydrogens (primary N) is 1. The predicted octanol–water partition coefficient (Wildman–Crippen LogP) is 2.40. The Balaban J connectivity index is 2.09. The SMILES string of the molecule is CCN1Cc2cc3c(CC(C)N)cn(C)c3cc2C1. The van der Waals surface area contributed by atoms with Crippen LogP contribution in [0.1, 0.15) is 30.5 Å². The average Bonchev–Trinajstić information content (AvgIpc) is 2.88. The lowest BCUT2D eigenvalue weighted by molar-refractivity contribution is 0.301. The molecular weight excluding hydrogens is 234 g/mol. The molecule has 1 aliphatic heterocycles. The third-order valence-corrected chi connectivity index (χ3v) is 4.17. The Kier molecular flexibility index (Phi) is 3.11. The Morgan fingerprint density at radius 2 is 1.95 bits per heavy atom. The van der Waals surface area contributed by atoms with Crippen molar-refractivity contribution in [2.24, 2.45) is 12.8 Å². The van der Waals surface area contributed by atoms with Crippen molar-refractivity contribution in [1.82, 2.24) is 9.47 Å². The van der Waals surface area contributed by atoms with E-state index in [1.165, 1.54) is 27.6 Å². The molecule has 1 aromatic heterocycles. The van der Waals surface area contributed by atoms with Gasteiger partial charge in [-0.15, -0.1) is 0 Å². The number of fused-ring (bicyclic) bond motifs is 2. The van der Waals surface area contributed by atoms with Crippen LogP contribution in [0.4, 0.5) is 0 Å². The molecule has 0 aliphatic carbocycles. The van der Waals surface area contributed by atoms with Crippen LogP contribution in [-0.4, -0.2) is 22.1 Å². The fraction of sp³-hybridized carbons (Fsp3) is 0.500. The first kappa shape index (κ1) is 12.7. The van der Waals surface area contributed by atoms with Crippen LogP contribution in [0.2, 0.25) is 0 Å². The van der Waals surface area contributed by atoms with E-state index in [0.717, 1.165) is 26.1 Å². The van der Waals surface area contributed by atoms with Gasteiger partial charge in [0, 0.05) is 43.3 Å². The molecule has 3 rings (SSSR count). The summed E-state index contributed by atoms with van der Waals surface area (Å²) in [5.41, 5.74) is 11.7. The molecule has 1 atom stereocenters. The highest BCUT2D eigenvalue weighted by atomic mass is 15.1. The molecule has 0 bridgehead atoms. The van der Waals surface area contributed by atoms with Crippen LogP contribution in [0.15, 0.2) is 18.3 Å². The second-order valence-corrected chi connectivity index (χ2v) is 5.89. The van der Waals surface area contributed by atoms with Crippen molar-refractivity contribution in [3.63, 3.8) is 0 Å². The van der Waals surface area contributed by atoms with Crippen LogP contribution < -0.4 is 5.73 Å². The average molecular weight is 257 g/mol. The van der Waals surface area contributed by atoms with Gasteiger partial charge in [-0.1, -0.05) is 6.92 Å². The third-order valence-electron chi connectivity index (χ3n) is 4.17. The molecular formula is C16H23N3. The van der Waals surface area contributed by atoms with Gasteiger partial charge in [-0.05, 0) is 48.7 Å². The van der Waals surface area contributed by atoms with Gasteiger partial charge in [0.25, 0.3) is 0 Å². The van der Waals surface area contributed by atoms with E-state index in [2.05, 4.69) is 48.7 Å². The molecule has 1 aromatic carbocycles. The fourth-order valence-corrected chi connectivity index (χ4v) is 3.16. The fourth-order valence-electron chi connectivity index (χ4n) is 3.16. The van der Waals surface area contributed by atoms with Crippen LogP contribution >= 0.6 is 0 Å². The number of aryl methyl sites for hydroxylation is 1. The molecule has 102 valence electrons. The van der Waals surface area contributed by atoms with Crippen molar-refractivity contribution in [3.05, 3.63) is 35.0 Å². The van der Waals surface area contributed by atoms with E-state index >= 15 is 0 Å². The van der Waals surface area contributed by atoms with Gasteiger partial charge < -0.3 is 10.3 Å². The highest BCUT2D eigenvalue weighted by Gasteiger charge is 2.20. The molecule has 19 heavy (non-hydrogen) atoms. The summed E-state index contributed by atoms with van der Waals surface area (Å²) >= 11 is 0. The molecule has 2 aromatic rings. The minimum Gasteiger partial charge on any atom is -0.350 e. The van der Waals surface area contributed by atoms with E-state index in [9.17, 15) is 0 Å². The first-order valence-electron chi connectivity index (χ1n) is 7.16. The first-order valence-corrected chi connectivity index (χ1v) is 7.16. The number of nitrogens with zero attached hydrogens (tertiary/aromatic N) is 2. The standard InChI is InChI=1S/C16H23N3/c1-4-19-9-12-6-15-14(5-11(2)17)8-18(3)16(15)7-13(12)10-19/h6-8,11H,4-5,9-10,17H2,1-3H3. The van der Waals surface area contributed by atoms with Gasteiger partial charge in [0.05, 0.1) is 0 Å². The summed E-state index contributed by atoms with van der Waals surface area (Å²) in [5.74, 6) is 0. The maximum atomic E-state index is 5.96. The highest BCUT2D eigenvalue weighted by molar-refractivity contribution is 5.86. The Bertz CT molecular complexity index is 610. The van der Waals surface area contributed by atoms with E-state index in [1.807, 2.05) is 0 Å².